The van der Waals surface area contributed by atoms with Crippen LogP contribution in [0.2, 0.25) is 0 Å². The zero-order chi connectivity index (χ0) is 16.7. The Balaban J connectivity index is 1.58. The van der Waals surface area contributed by atoms with Crippen molar-refractivity contribution in [1.29, 1.82) is 0 Å². The molecule has 4 rings (SSSR count). The van der Waals surface area contributed by atoms with E-state index in [0.29, 0.717) is 17.9 Å². The van der Waals surface area contributed by atoms with Gasteiger partial charge in [-0.2, -0.15) is 0 Å². The average molecular weight is 329 g/mol. The Morgan fingerprint density at radius 2 is 2.00 bits per heavy atom. The summed E-state index contributed by atoms with van der Waals surface area (Å²) in [5, 5.41) is 3.83. The lowest BCUT2D eigenvalue weighted by Gasteiger charge is -2.27. The molecule has 2 aromatic heterocycles. The van der Waals surface area contributed by atoms with Crippen LogP contribution >= 0.6 is 0 Å². The maximum Gasteiger partial charge on any atom is 0.141 e. The number of nitrogens with zero attached hydrogens (tertiary/aromatic N) is 4. The predicted molar refractivity (Wildman–Crippen MR) is 90.0 cm³/mol. The van der Waals surface area contributed by atoms with Gasteiger partial charge in [-0.05, 0) is 37.4 Å². The molecule has 5 nitrogen and oxygen atoms in total. The molecule has 0 amide bonds. The third-order valence-electron chi connectivity index (χ3n) is 5.31. The summed E-state index contributed by atoms with van der Waals surface area (Å²) in [6.07, 6.45) is 9.31. The Morgan fingerprint density at radius 1 is 1.17 bits per heavy atom. The number of aryl methyl sites for hydroxylation is 1. The van der Waals surface area contributed by atoms with Crippen LogP contribution in [0.25, 0.3) is 0 Å². The zero-order valence-electron chi connectivity index (χ0n) is 14.2. The van der Waals surface area contributed by atoms with Crippen molar-refractivity contribution in [2.45, 2.75) is 30.8 Å². The SMILES string of the molecule is CN1C[C@@H](NC(c2cncc(F)c2)C2CC2)[C@H](c2cncn2C)C1. The molecular weight excluding hydrogens is 305 g/mol. The van der Waals surface area contributed by atoms with Crippen LogP contribution in [-0.2, 0) is 7.05 Å². The molecule has 128 valence electrons. The number of halogens is 1. The first-order chi connectivity index (χ1) is 11.6. The van der Waals surface area contributed by atoms with E-state index in [4.69, 9.17) is 0 Å². The van der Waals surface area contributed by atoms with E-state index < -0.39 is 0 Å². The summed E-state index contributed by atoms with van der Waals surface area (Å²) in [6.45, 7) is 2.00. The minimum absolute atomic E-state index is 0.181. The minimum Gasteiger partial charge on any atom is -0.337 e. The molecule has 6 heteroatoms. The van der Waals surface area contributed by atoms with Crippen LogP contribution in [0, 0.1) is 11.7 Å². The van der Waals surface area contributed by atoms with E-state index in [1.807, 2.05) is 19.6 Å². The summed E-state index contributed by atoms with van der Waals surface area (Å²) >= 11 is 0. The second-order valence-corrected chi connectivity index (χ2v) is 7.28. The molecule has 2 aliphatic rings. The van der Waals surface area contributed by atoms with Crippen molar-refractivity contribution >= 4 is 0 Å². The molecule has 0 spiro atoms. The van der Waals surface area contributed by atoms with Crippen molar-refractivity contribution in [1.82, 2.24) is 24.8 Å². The van der Waals surface area contributed by atoms with Gasteiger partial charge in [0.2, 0.25) is 0 Å². The predicted octanol–water partition coefficient (Wildman–Crippen LogP) is 2.09. The Bertz CT molecular complexity index is 711. The maximum atomic E-state index is 13.6. The lowest BCUT2D eigenvalue weighted by atomic mass is 9.96. The second kappa shape index (κ2) is 6.26. The largest absolute Gasteiger partial charge is 0.337 e. The molecule has 3 heterocycles. The highest BCUT2D eigenvalue weighted by molar-refractivity contribution is 5.20. The first kappa shape index (κ1) is 15.7. The summed E-state index contributed by atoms with van der Waals surface area (Å²) in [7, 11) is 4.20. The molecule has 1 unspecified atom stereocenters. The van der Waals surface area contributed by atoms with Gasteiger partial charge >= 0.3 is 0 Å². The number of imidazole rings is 1. The molecule has 1 saturated carbocycles. The average Bonchev–Trinajstić information content (AvgIpc) is 3.20. The molecule has 1 aliphatic heterocycles. The van der Waals surface area contributed by atoms with Gasteiger partial charge in [0.1, 0.15) is 5.82 Å². The normalized spacial score (nSPS) is 26.0. The zero-order valence-corrected chi connectivity index (χ0v) is 14.2. The van der Waals surface area contributed by atoms with Gasteiger partial charge in [0.15, 0.2) is 0 Å². The van der Waals surface area contributed by atoms with E-state index in [1.165, 1.54) is 24.7 Å². The molecule has 1 aliphatic carbocycles. The highest BCUT2D eigenvalue weighted by Gasteiger charge is 2.39. The third kappa shape index (κ3) is 3.08. The van der Waals surface area contributed by atoms with Gasteiger partial charge in [0.25, 0.3) is 0 Å². The molecule has 1 saturated heterocycles. The quantitative estimate of drug-likeness (QED) is 0.912. The standard InChI is InChI=1S/C18H24FN5/c1-23-9-15(17-8-21-11-24(17)2)16(10-23)22-18(12-3-4-12)13-5-14(19)7-20-6-13/h5-8,11-12,15-16,18,22H,3-4,9-10H2,1-2H3/t15-,16-,18?/m1/s1. The summed E-state index contributed by atoms with van der Waals surface area (Å²) in [4.78, 5) is 10.7. The van der Waals surface area contributed by atoms with Crippen LogP contribution in [0.4, 0.5) is 4.39 Å². The molecule has 2 aromatic rings. The molecule has 0 radical (unpaired) electrons. The fourth-order valence-electron chi connectivity index (χ4n) is 3.96. The lowest BCUT2D eigenvalue weighted by molar-refractivity contribution is 0.365. The number of hydrogen-bond donors (Lipinski definition) is 1. The Labute approximate surface area is 141 Å². The number of likely N-dealkylation sites (N-methyl/N-ethyl adjacent to an activating group) is 1. The number of rotatable bonds is 5. The van der Waals surface area contributed by atoms with Crippen molar-refractivity contribution in [3.8, 4) is 0 Å². The van der Waals surface area contributed by atoms with Gasteiger partial charge in [0, 0.05) is 56.2 Å². The lowest BCUT2D eigenvalue weighted by Crippen LogP contribution is -2.39. The van der Waals surface area contributed by atoms with Crippen LogP contribution in [0.15, 0.2) is 31.0 Å². The van der Waals surface area contributed by atoms with E-state index in [-0.39, 0.29) is 11.9 Å². The molecular formula is C18H24FN5. The second-order valence-electron chi connectivity index (χ2n) is 7.28. The third-order valence-corrected chi connectivity index (χ3v) is 5.31. The smallest absolute Gasteiger partial charge is 0.141 e. The number of aromatic nitrogens is 3. The van der Waals surface area contributed by atoms with Gasteiger partial charge in [0.05, 0.1) is 12.5 Å². The highest BCUT2D eigenvalue weighted by atomic mass is 19.1. The van der Waals surface area contributed by atoms with E-state index in [1.54, 1.807) is 12.3 Å². The van der Waals surface area contributed by atoms with Crippen LogP contribution in [-0.4, -0.2) is 45.6 Å². The van der Waals surface area contributed by atoms with Crippen LogP contribution in [0.5, 0.6) is 0 Å². The molecule has 1 N–H and O–H groups in total. The van der Waals surface area contributed by atoms with Crippen molar-refractivity contribution in [2.24, 2.45) is 13.0 Å². The summed E-state index contributed by atoms with van der Waals surface area (Å²) in [5.41, 5.74) is 2.22. The number of pyridine rings is 1. The Kier molecular flexibility index (Phi) is 4.10. The fourth-order valence-corrected chi connectivity index (χ4v) is 3.96. The number of hydrogen-bond acceptors (Lipinski definition) is 4. The maximum absolute atomic E-state index is 13.6. The first-order valence-corrected chi connectivity index (χ1v) is 8.63. The molecule has 3 atom stereocenters. The van der Waals surface area contributed by atoms with Crippen molar-refractivity contribution in [3.63, 3.8) is 0 Å². The van der Waals surface area contributed by atoms with Crippen LogP contribution in [0.1, 0.15) is 36.1 Å². The van der Waals surface area contributed by atoms with Crippen molar-refractivity contribution in [3.05, 3.63) is 48.1 Å². The van der Waals surface area contributed by atoms with Gasteiger partial charge in [-0.25, -0.2) is 9.37 Å². The van der Waals surface area contributed by atoms with E-state index in [2.05, 4.69) is 31.8 Å². The first-order valence-electron chi connectivity index (χ1n) is 8.63. The topological polar surface area (TPSA) is 46.0 Å². The van der Waals surface area contributed by atoms with E-state index in [0.717, 1.165) is 18.7 Å². The van der Waals surface area contributed by atoms with Gasteiger partial charge in [-0.3, -0.25) is 4.98 Å². The van der Waals surface area contributed by atoms with Gasteiger partial charge in [-0.15, -0.1) is 0 Å². The van der Waals surface area contributed by atoms with E-state index in [9.17, 15) is 4.39 Å². The van der Waals surface area contributed by atoms with Crippen LogP contribution in [0.3, 0.4) is 0 Å². The molecule has 24 heavy (non-hydrogen) atoms. The summed E-state index contributed by atoms with van der Waals surface area (Å²) in [5.74, 6) is 0.726. The summed E-state index contributed by atoms with van der Waals surface area (Å²) in [6, 6.07) is 2.14. The van der Waals surface area contributed by atoms with Gasteiger partial charge < -0.3 is 14.8 Å². The van der Waals surface area contributed by atoms with Crippen molar-refractivity contribution < 1.29 is 4.39 Å². The molecule has 0 aromatic carbocycles. The fraction of sp³-hybridized carbons (Fsp3) is 0.556. The minimum atomic E-state index is -0.258. The molecule has 0 bridgehead atoms. The summed E-state index contributed by atoms with van der Waals surface area (Å²) < 4.78 is 15.7. The Morgan fingerprint density at radius 3 is 2.67 bits per heavy atom. The van der Waals surface area contributed by atoms with E-state index >= 15 is 0 Å². The molecule has 2 fully saturated rings. The van der Waals surface area contributed by atoms with Crippen LogP contribution < -0.4 is 5.32 Å². The van der Waals surface area contributed by atoms with Crippen molar-refractivity contribution in [2.75, 3.05) is 20.1 Å². The monoisotopic (exact) mass is 329 g/mol. The highest BCUT2D eigenvalue weighted by Crippen LogP contribution is 2.42. The number of nitrogens with one attached hydrogen (secondary N) is 1. The Hall–Kier alpha value is -1.79. The van der Waals surface area contributed by atoms with Gasteiger partial charge in [-0.1, -0.05) is 0 Å². The number of likely N-dealkylation sites (tertiary alicyclic amines) is 1.